The van der Waals surface area contributed by atoms with Crippen molar-refractivity contribution in [3.63, 3.8) is 0 Å². The summed E-state index contributed by atoms with van der Waals surface area (Å²) >= 11 is 0. The second-order valence-electron chi connectivity index (χ2n) is 32.8. The van der Waals surface area contributed by atoms with Crippen LogP contribution in [0.5, 0.6) is 0 Å². The smallest absolute Gasteiger partial charge is 0.297 e. The Morgan fingerprint density at radius 3 is 0.480 bits per heavy atom. The predicted octanol–water partition coefficient (Wildman–Crippen LogP) is -5.88. The number of hydrogen-bond acceptors (Lipinski definition) is 43. The van der Waals surface area contributed by atoms with Gasteiger partial charge in [-0.05, 0) is 128 Å². The fraction of sp³-hybridized carbons (Fsp3) is 0.692. The number of hydrogen-bond donors (Lipinski definition) is 17. The molecule has 17 N–H and O–H groups in total. The second kappa shape index (κ2) is 39.6. The highest BCUT2D eigenvalue weighted by Gasteiger charge is 2.61. The summed E-state index contributed by atoms with van der Waals surface area (Å²) in [5.41, 5.74) is 3.98. The Labute approximate surface area is 719 Å². The standard InChI is InChI=1S/C78H110O43S4/c1-28-13-32(5)68(33(6)14-28)122(96,97)104-24-43-64-52(87)59(94)77(113-43)121-67-46(27-107-125(102,103)71-38(11)19-31(4)20-39(71)12)112-76(58(93)51(67)86)117-63-42(23-81)110-74(56(91)49(63)84)119-65-44(25-105-123(98,99)69-34(7)15-29(2)16-35(69)8)114-78(60(95)53(65)88)120-66-45(26-106-124(100,101)70-36(9)17-30(3)18-37(70)10)111-75(57(92)50(66)85)116-62-41(22-80)108-72(54(89)47(62)82)115-61-40(21-79)109-73(118-64)55(90)48(61)83/h13-20,40-67,72-95H,21-27H2,1-12H3/t40-,41-,42-,43-,44-,45-,46-,47-,48-,49-,50-,51-,52-,53-,54-,55-,56-,57-,58-,59-,60-,61-,62-,63-,64-,65-,66-,67-,72-,73-,74-,75-,76-,77-,78-/m1/s1. The van der Waals surface area contributed by atoms with E-state index >= 15 is 0 Å². The minimum atomic E-state index is -4.95. The average molecular weight is 1860 g/mol. The van der Waals surface area contributed by atoms with Gasteiger partial charge in [0.05, 0.1) is 65.8 Å². The van der Waals surface area contributed by atoms with E-state index in [2.05, 4.69) is 0 Å². The third kappa shape index (κ3) is 20.7. The van der Waals surface area contributed by atoms with Crippen molar-refractivity contribution >= 4 is 40.5 Å². The first kappa shape index (κ1) is 99.3. The molecule has 21 heterocycles. The molecule has 21 aliphatic heterocycles. The molecule has 21 aliphatic rings. The van der Waals surface area contributed by atoms with E-state index in [1.807, 2.05) is 0 Å². The maximum atomic E-state index is 14.4. The van der Waals surface area contributed by atoms with E-state index in [9.17, 15) is 120 Å². The van der Waals surface area contributed by atoms with Crippen molar-refractivity contribution < 1.29 is 204 Å². The molecule has 0 spiro atoms. The maximum absolute atomic E-state index is 14.4. The Balaban J connectivity index is 0.934. The van der Waals surface area contributed by atoms with Crippen molar-refractivity contribution in [2.75, 3.05) is 46.2 Å². The quantitative estimate of drug-likeness (QED) is 0.0389. The molecule has 47 heteroatoms. The van der Waals surface area contributed by atoms with Crippen molar-refractivity contribution in [2.45, 2.75) is 318 Å². The van der Waals surface area contributed by atoms with E-state index in [-0.39, 0.29) is 64.1 Å². The van der Waals surface area contributed by atoms with Crippen molar-refractivity contribution in [3.05, 3.63) is 115 Å². The first-order valence-corrected chi connectivity index (χ1v) is 45.6. The number of benzene rings is 4. The zero-order chi connectivity index (χ0) is 91.8. The van der Waals surface area contributed by atoms with E-state index < -0.39 is 302 Å². The molecule has 35 atom stereocenters. The Bertz CT molecular complexity index is 4630. The molecule has 0 aromatic heterocycles. The number of ether oxygens (including phenoxy) is 14. The van der Waals surface area contributed by atoms with E-state index in [1.54, 1.807) is 27.7 Å². The lowest BCUT2D eigenvalue weighted by molar-refractivity contribution is -0.396. The Kier molecular flexibility index (Phi) is 31.5. The van der Waals surface area contributed by atoms with E-state index in [1.165, 1.54) is 104 Å². The summed E-state index contributed by atoms with van der Waals surface area (Å²) < 4.78 is 222. The number of aliphatic hydroxyl groups is 17. The van der Waals surface area contributed by atoms with Crippen LogP contribution >= 0.6 is 0 Å². The third-order valence-corrected chi connectivity index (χ3v) is 29.4. The van der Waals surface area contributed by atoms with Crippen molar-refractivity contribution in [3.8, 4) is 0 Å². The molecule has 25 rings (SSSR count). The van der Waals surface area contributed by atoms with Crippen LogP contribution in [0.3, 0.4) is 0 Å². The molecule has 43 nitrogen and oxygen atoms in total. The van der Waals surface area contributed by atoms with Crippen LogP contribution < -0.4 is 0 Å². The van der Waals surface area contributed by atoms with Gasteiger partial charge in [0.25, 0.3) is 40.5 Å². The zero-order valence-electron chi connectivity index (χ0n) is 69.6. The van der Waals surface area contributed by atoms with Gasteiger partial charge in [-0.1, -0.05) is 70.8 Å². The Morgan fingerprint density at radius 2 is 0.344 bits per heavy atom. The molecule has 21 fully saturated rings. The van der Waals surface area contributed by atoms with E-state index in [4.69, 9.17) is 83.0 Å². The molecule has 0 unspecified atom stereocenters. The van der Waals surface area contributed by atoms with Gasteiger partial charge in [-0.3, -0.25) is 16.7 Å². The van der Waals surface area contributed by atoms with Crippen LogP contribution in [-0.4, -0.2) is 382 Å². The van der Waals surface area contributed by atoms with Crippen LogP contribution in [0.4, 0.5) is 0 Å². The fourth-order valence-electron chi connectivity index (χ4n) is 17.5. The highest BCUT2D eigenvalue weighted by atomic mass is 32.2. The summed E-state index contributed by atoms with van der Waals surface area (Å²) in [6.45, 7) is 9.58. The monoisotopic (exact) mass is 1860 g/mol. The normalized spacial score (nSPS) is 39.2. The summed E-state index contributed by atoms with van der Waals surface area (Å²) in [7, 11) is -19.8. The SMILES string of the molecule is Cc1cc(C)c(S(=O)(=O)OC[C@H]2O[C@@H]3O[C@H]4[C@H](O)[C@@H](O)[C@@H](O[C@H]5[C@H](O)[C@@H](O)[C@@H](O[C@H]6[C@H](O)[C@@H](O)[C@@H](O[C@H]7[C@H](O)[C@@H](O)[C@@H](O[C@H]8[C@H](O)[C@@H](O)[C@@H](O[C@H]9[C@H](O)[C@@H](O)[C@@H](O[C@H]2[C@H](O)[C@H]3O)O[C@@H]9CO)O[C@@H]8COS(=O)(=O)c2c(C)cc(C)cc2C)O[C@@H]7COS(=O)(=O)c2c(C)cc(C)cc2C)O[C@@H]6CO)O[C@@H]5CO)O[C@@H]4COS(=O)(=O)c2c(C)cc(C)cc2C)c(C)c1. The van der Waals surface area contributed by atoms with Crippen LogP contribution in [0.1, 0.15) is 66.8 Å². The fourth-order valence-corrected chi connectivity index (χ4v) is 22.8. The second-order valence-corrected chi connectivity index (χ2v) is 39.0. The van der Waals surface area contributed by atoms with Crippen LogP contribution in [0.2, 0.25) is 0 Å². The maximum Gasteiger partial charge on any atom is 0.297 e. The molecule has 0 aliphatic carbocycles. The first-order chi connectivity index (χ1) is 58.5. The third-order valence-electron chi connectivity index (χ3n) is 23.0. The highest BCUT2D eigenvalue weighted by molar-refractivity contribution is 7.87. The van der Waals surface area contributed by atoms with Gasteiger partial charge in [0.2, 0.25) is 0 Å². The van der Waals surface area contributed by atoms with Gasteiger partial charge in [0.15, 0.2) is 44.0 Å². The van der Waals surface area contributed by atoms with Gasteiger partial charge in [-0.2, -0.15) is 33.7 Å². The first-order valence-electron chi connectivity index (χ1n) is 39.9. The Hall–Kier alpha value is -4.72. The van der Waals surface area contributed by atoms with Gasteiger partial charge in [-0.15, -0.1) is 0 Å². The summed E-state index contributed by atoms with van der Waals surface area (Å²) in [5.74, 6) is 0. The summed E-state index contributed by atoms with van der Waals surface area (Å²) in [5, 5.41) is 203. The molecule has 4 aromatic rings. The Morgan fingerprint density at radius 1 is 0.216 bits per heavy atom. The molecule has 125 heavy (non-hydrogen) atoms. The lowest BCUT2D eigenvalue weighted by atomic mass is 9.95. The molecule has 0 amide bonds. The van der Waals surface area contributed by atoms with Gasteiger partial charge >= 0.3 is 0 Å². The van der Waals surface area contributed by atoms with Crippen LogP contribution in [0.25, 0.3) is 0 Å². The van der Waals surface area contributed by atoms with Crippen LogP contribution in [0, 0.1) is 83.1 Å². The minimum Gasteiger partial charge on any atom is -0.394 e. The molecule has 704 valence electrons. The van der Waals surface area contributed by atoms with Gasteiger partial charge < -0.3 is 153 Å². The largest absolute Gasteiger partial charge is 0.394 e. The van der Waals surface area contributed by atoms with Gasteiger partial charge in [-0.25, -0.2) is 0 Å². The summed E-state index contributed by atoms with van der Waals surface area (Å²) in [4.78, 5) is -1.42. The molecule has 0 saturated carbocycles. The van der Waals surface area contributed by atoms with Crippen LogP contribution in [-0.2, 0) is 124 Å². The topological polar surface area (TPSA) is 647 Å². The van der Waals surface area contributed by atoms with Crippen LogP contribution in [0.15, 0.2) is 68.1 Å². The zero-order valence-corrected chi connectivity index (χ0v) is 72.9. The molecule has 21 saturated heterocycles. The molecule has 14 bridgehead atoms. The van der Waals surface area contributed by atoms with E-state index in [0.717, 1.165) is 0 Å². The van der Waals surface area contributed by atoms with Crippen molar-refractivity contribution in [1.82, 2.24) is 0 Å². The summed E-state index contributed by atoms with van der Waals surface area (Å²) in [6.07, 6.45) is -81.5. The molecule has 0 radical (unpaired) electrons. The number of aliphatic hydroxyl groups excluding tert-OH is 17. The minimum absolute atomic E-state index is 0.176. The number of aryl methyl sites for hydroxylation is 12. The van der Waals surface area contributed by atoms with Crippen molar-refractivity contribution in [1.29, 1.82) is 0 Å². The lowest BCUT2D eigenvalue weighted by Gasteiger charge is -2.50. The molecular formula is C78H110O43S4. The predicted molar refractivity (Wildman–Crippen MR) is 415 cm³/mol. The number of rotatable bonds is 19. The lowest BCUT2D eigenvalue weighted by Crippen LogP contribution is -2.68. The van der Waals surface area contributed by atoms with Gasteiger partial charge in [0, 0.05) is 0 Å². The molecule has 4 aromatic carbocycles. The summed E-state index contributed by atoms with van der Waals surface area (Å²) in [6, 6.07) is 12.1. The van der Waals surface area contributed by atoms with Gasteiger partial charge in [0.1, 0.15) is 171 Å². The highest BCUT2D eigenvalue weighted by Crippen LogP contribution is 2.42. The van der Waals surface area contributed by atoms with E-state index in [0.29, 0.717) is 22.3 Å². The molecular weight excluding hydrogens is 1750 g/mol. The average Bonchev–Trinajstić information content (AvgIpc) is 0.837. The van der Waals surface area contributed by atoms with Crippen molar-refractivity contribution in [2.24, 2.45) is 0 Å².